The van der Waals surface area contributed by atoms with Crippen LogP contribution in [0, 0.1) is 5.41 Å². The minimum atomic E-state index is -1.32. The third-order valence-corrected chi connectivity index (χ3v) is 4.74. The molecule has 1 aromatic carbocycles. The molecule has 2 N–H and O–H groups in total. The van der Waals surface area contributed by atoms with Gasteiger partial charge in [-0.25, -0.2) is 9.67 Å². The van der Waals surface area contributed by atoms with Crippen LogP contribution >= 0.6 is 0 Å². The fourth-order valence-corrected chi connectivity index (χ4v) is 3.47. The van der Waals surface area contributed by atoms with Gasteiger partial charge in [-0.3, -0.25) is 4.79 Å². The molecule has 0 unspecified atom stereocenters. The third-order valence-electron chi connectivity index (χ3n) is 4.74. The maximum atomic E-state index is 12.8. The van der Waals surface area contributed by atoms with Gasteiger partial charge < -0.3 is 15.3 Å². The summed E-state index contributed by atoms with van der Waals surface area (Å²) >= 11 is 0. The molecule has 0 spiro atoms. The number of hydrogen-bond donors (Lipinski definition) is 2. The minimum absolute atomic E-state index is 0.0210. The van der Waals surface area contributed by atoms with Crippen molar-refractivity contribution in [2.45, 2.75) is 45.8 Å². The molecular weight excluding hydrogens is 342 g/mol. The molecular formula is C20H29N5O2. The van der Waals surface area contributed by atoms with Gasteiger partial charge in [0.15, 0.2) is 5.60 Å². The molecule has 1 aromatic heterocycles. The fraction of sp³-hybridized carbons (Fsp3) is 0.550. The highest BCUT2D eigenvalue weighted by atomic mass is 16.3. The molecule has 0 bridgehead atoms. The zero-order valence-corrected chi connectivity index (χ0v) is 16.4. The predicted octanol–water partition coefficient (Wildman–Crippen LogP) is 1.76. The van der Waals surface area contributed by atoms with Crippen molar-refractivity contribution in [2.24, 2.45) is 5.41 Å². The Morgan fingerprint density at radius 2 is 2.00 bits per heavy atom. The zero-order chi connectivity index (χ0) is 19.5. The smallest absolute Gasteiger partial charge is 0.255 e. The normalized spacial score (nSPS) is 20.9. The second-order valence-electron chi connectivity index (χ2n) is 8.53. The Morgan fingerprint density at radius 3 is 2.63 bits per heavy atom. The molecule has 1 atom stereocenters. The fourth-order valence-electron chi connectivity index (χ4n) is 3.47. The van der Waals surface area contributed by atoms with E-state index in [0.717, 1.165) is 24.2 Å². The first-order chi connectivity index (χ1) is 12.8. The second kappa shape index (κ2) is 7.78. The largest absolute Gasteiger partial charge is 0.379 e. The van der Waals surface area contributed by atoms with E-state index in [1.807, 2.05) is 24.3 Å². The van der Waals surface area contributed by atoms with E-state index in [0.29, 0.717) is 19.5 Å². The van der Waals surface area contributed by atoms with Crippen LogP contribution in [0.2, 0.25) is 0 Å². The molecule has 1 amide bonds. The van der Waals surface area contributed by atoms with Gasteiger partial charge in [-0.1, -0.05) is 32.9 Å². The first kappa shape index (κ1) is 19.5. The van der Waals surface area contributed by atoms with Gasteiger partial charge in [0.2, 0.25) is 0 Å². The Kier molecular flexibility index (Phi) is 5.62. The van der Waals surface area contributed by atoms with Crippen molar-refractivity contribution >= 4 is 5.91 Å². The third kappa shape index (κ3) is 4.93. The van der Waals surface area contributed by atoms with Gasteiger partial charge in [0.1, 0.15) is 12.7 Å². The first-order valence-corrected chi connectivity index (χ1v) is 9.43. The Hall–Kier alpha value is -2.25. The molecule has 1 aliphatic rings. The summed E-state index contributed by atoms with van der Waals surface area (Å²) in [6.45, 7) is 8.56. The number of likely N-dealkylation sites (tertiary alicyclic amines) is 1. The molecule has 2 aromatic rings. The molecule has 146 valence electrons. The molecule has 0 radical (unpaired) electrons. The van der Waals surface area contributed by atoms with Crippen molar-refractivity contribution in [3.8, 4) is 5.69 Å². The molecule has 3 rings (SSSR count). The lowest BCUT2D eigenvalue weighted by Crippen LogP contribution is -2.59. The Morgan fingerprint density at radius 1 is 1.26 bits per heavy atom. The average Bonchev–Trinajstić information content (AvgIpc) is 3.13. The molecule has 1 fully saturated rings. The Bertz CT molecular complexity index is 752. The predicted molar refractivity (Wildman–Crippen MR) is 103 cm³/mol. The summed E-state index contributed by atoms with van der Waals surface area (Å²) in [7, 11) is 0. The molecule has 1 saturated heterocycles. The topological polar surface area (TPSA) is 83.3 Å². The van der Waals surface area contributed by atoms with Crippen molar-refractivity contribution in [1.82, 2.24) is 25.0 Å². The van der Waals surface area contributed by atoms with Crippen molar-refractivity contribution in [3.63, 3.8) is 0 Å². The van der Waals surface area contributed by atoms with Gasteiger partial charge in [0, 0.05) is 26.2 Å². The number of nitrogens with zero attached hydrogens (tertiary/aromatic N) is 4. The van der Waals surface area contributed by atoms with Gasteiger partial charge in [0.05, 0.1) is 5.69 Å². The number of benzene rings is 1. The summed E-state index contributed by atoms with van der Waals surface area (Å²) in [5.74, 6) is -0.155. The van der Waals surface area contributed by atoms with Crippen LogP contribution in [0.25, 0.3) is 5.69 Å². The number of carbonyl (C=O) groups is 1. The molecule has 27 heavy (non-hydrogen) atoms. The number of aromatic nitrogens is 3. The number of carbonyl (C=O) groups excluding carboxylic acids is 1. The van der Waals surface area contributed by atoms with Gasteiger partial charge in [-0.05, 0) is 36.0 Å². The highest BCUT2D eigenvalue weighted by molar-refractivity contribution is 5.86. The zero-order valence-electron chi connectivity index (χ0n) is 16.4. The van der Waals surface area contributed by atoms with E-state index in [2.05, 4.69) is 36.2 Å². The number of hydrogen-bond acceptors (Lipinski definition) is 5. The number of amides is 1. The van der Waals surface area contributed by atoms with Crippen LogP contribution in [-0.2, 0) is 11.3 Å². The summed E-state index contributed by atoms with van der Waals surface area (Å²) in [4.78, 5) is 18.5. The molecule has 0 aliphatic carbocycles. The lowest BCUT2D eigenvalue weighted by molar-refractivity contribution is -0.158. The first-order valence-electron chi connectivity index (χ1n) is 9.43. The minimum Gasteiger partial charge on any atom is -0.379 e. The van der Waals surface area contributed by atoms with Crippen molar-refractivity contribution in [1.29, 1.82) is 0 Å². The monoisotopic (exact) mass is 371 g/mol. The van der Waals surface area contributed by atoms with Gasteiger partial charge in [0.25, 0.3) is 5.91 Å². The van der Waals surface area contributed by atoms with Crippen LogP contribution in [0.1, 0.15) is 39.2 Å². The van der Waals surface area contributed by atoms with Crippen molar-refractivity contribution < 1.29 is 9.90 Å². The van der Waals surface area contributed by atoms with Crippen molar-refractivity contribution in [3.05, 3.63) is 42.5 Å². The van der Waals surface area contributed by atoms with Crippen LogP contribution in [0.3, 0.4) is 0 Å². The van der Waals surface area contributed by atoms with Crippen molar-refractivity contribution in [2.75, 3.05) is 19.6 Å². The Balaban J connectivity index is 1.55. The maximum absolute atomic E-state index is 12.8. The maximum Gasteiger partial charge on any atom is 0.255 e. The standard InChI is InChI=1S/C20H29N5O2/c1-19(2,3)13-24-10-4-9-20(27,18(24)26)12-21-11-16-5-7-17(8-6-16)25-15-22-14-23-25/h5-8,14-15,21,27H,4,9-13H2,1-3H3/t20-/m0/s1. The van der Waals surface area contributed by atoms with E-state index < -0.39 is 5.60 Å². The van der Waals surface area contributed by atoms with Crippen LogP contribution in [0.15, 0.2) is 36.9 Å². The van der Waals surface area contributed by atoms with E-state index in [1.165, 1.54) is 6.33 Å². The lowest BCUT2D eigenvalue weighted by Gasteiger charge is -2.41. The number of aliphatic hydroxyl groups is 1. The molecule has 2 heterocycles. The molecule has 0 saturated carbocycles. The summed E-state index contributed by atoms with van der Waals surface area (Å²) in [6.07, 6.45) is 4.48. The van der Waals surface area contributed by atoms with E-state index in [1.54, 1.807) is 15.9 Å². The van der Waals surface area contributed by atoms with E-state index in [9.17, 15) is 9.90 Å². The molecule has 7 heteroatoms. The highest BCUT2D eigenvalue weighted by Gasteiger charge is 2.42. The lowest BCUT2D eigenvalue weighted by atomic mass is 9.88. The summed E-state index contributed by atoms with van der Waals surface area (Å²) in [5.41, 5.74) is 0.726. The number of rotatable bonds is 6. The SMILES string of the molecule is CC(C)(C)CN1CCC[C@](O)(CNCc2ccc(-n3cncn3)cc2)C1=O. The van der Waals surface area contributed by atoms with E-state index >= 15 is 0 Å². The second-order valence-corrected chi connectivity index (χ2v) is 8.53. The summed E-state index contributed by atoms with van der Waals surface area (Å²) in [6, 6.07) is 7.94. The molecule has 7 nitrogen and oxygen atoms in total. The van der Waals surface area contributed by atoms with Crippen LogP contribution < -0.4 is 5.32 Å². The van der Waals surface area contributed by atoms with E-state index in [4.69, 9.17) is 0 Å². The molecule has 1 aliphatic heterocycles. The van der Waals surface area contributed by atoms with Crippen LogP contribution in [0.4, 0.5) is 0 Å². The van der Waals surface area contributed by atoms with E-state index in [-0.39, 0.29) is 17.9 Å². The van der Waals surface area contributed by atoms with Gasteiger partial charge in [-0.15, -0.1) is 0 Å². The summed E-state index contributed by atoms with van der Waals surface area (Å²) in [5, 5.41) is 18.2. The van der Waals surface area contributed by atoms with Crippen LogP contribution in [-0.4, -0.2) is 55.9 Å². The average molecular weight is 371 g/mol. The number of nitrogens with one attached hydrogen (secondary N) is 1. The summed E-state index contributed by atoms with van der Waals surface area (Å²) < 4.78 is 1.70. The Labute approximate surface area is 160 Å². The number of piperidine rings is 1. The highest BCUT2D eigenvalue weighted by Crippen LogP contribution is 2.26. The van der Waals surface area contributed by atoms with Crippen LogP contribution in [0.5, 0.6) is 0 Å². The van der Waals surface area contributed by atoms with Gasteiger partial charge >= 0.3 is 0 Å². The van der Waals surface area contributed by atoms with Gasteiger partial charge in [-0.2, -0.15) is 5.10 Å². The quantitative estimate of drug-likeness (QED) is 0.808.